The molecule has 0 fully saturated rings. The van der Waals surface area contributed by atoms with E-state index in [1.807, 2.05) is 0 Å². The molecule has 98 valence electrons. The van der Waals surface area contributed by atoms with E-state index in [-0.39, 0.29) is 0 Å². The molecule has 0 spiro atoms. The molecular weight excluding hydrogens is 247 g/mol. The van der Waals surface area contributed by atoms with Crippen molar-refractivity contribution in [2.24, 2.45) is 0 Å². The first-order chi connectivity index (χ1) is 8.93. The Labute approximate surface area is 111 Å². The summed E-state index contributed by atoms with van der Waals surface area (Å²) >= 11 is 0. The van der Waals surface area contributed by atoms with Crippen molar-refractivity contribution in [2.45, 2.75) is 13.0 Å². The second kappa shape index (κ2) is 6.58. The van der Waals surface area contributed by atoms with Gasteiger partial charge in [0.25, 0.3) is 0 Å². The molecule has 1 aromatic carbocycles. The van der Waals surface area contributed by atoms with E-state index >= 15 is 0 Å². The van der Waals surface area contributed by atoms with Crippen LogP contribution in [0, 0.1) is 0 Å². The molecule has 0 bridgehead atoms. The standard InChI is InChI=1S/C12H13BN2O4/c1-7(14-12(13)18)10(16)15-9-5-3-8(4-6-9)11(17)19-2/h3-7H,1-2H3,(H,14,18)(H,15,16)/t7-/m0/s1. The summed E-state index contributed by atoms with van der Waals surface area (Å²) in [7, 11) is 6.20. The van der Waals surface area contributed by atoms with Crippen LogP contribution in [0.2, 0.25) is 0 Å². The lowest BCUT2D eigenvalue weighted by atomic mass is 10.1. The van der Waals surface area contributed by atoms with Crippen molar-refractivity contribution < 1.29 is 19.1 Å². The fraction of sp³-hybridized carbons (Fsp3) is 0.250. The van der Waals surface area contributed by atoms with Crippen LogP contribution >= 0.6 is 0 Å². The second-order valence-corrected chi connectivity index (χ2v) is 3.79. The number of methoxy groups -OCH3 is 1. The normalized spacial score (nSPS) is 11.3. The third-order valence-corrected chi connectivity index (χ3v) is 2.33. The molecule has 1 aromatic rings. The molecule has 7 heteroatoms. The first-order valence-electron chi connectivity index (χ1n) is 5.49. The highest BCUT2D eigenvalue weighted by atomic mass is 16.5. The second-order valence-electron chi connectivity index (χ2n) is 3.79. The fourth-order valence-corrected chi connectivity index (χ4v) is 1.34. The molecular formula is C12H13BN2O4. The monoisotopic (exact) mass is 260 g/mol. The van der Waals surface area contributed by atoms with Gasteiger partial charge in [-0.25, -0.2) is 4.79 Å². The van der Waals surface area contributed by atoms with Gasteiger partial charge in [0.2, 0.25) is 13.8 Å². The molecule has 0 heterocycles. The molecule has 0 aromatic heterocycles. The highest BCUT2D eigenvalue weighted by Crippen LogP contribution is 2.10. The molecule has 19 heavy (non-hydrogen) atoms. The Bertz CT molecular complexity index is 487. The van der Waals surface area contributed by atoms with Crippen molar-refractivity contribution in [3.8, 4) is 0 Å². The van der Waals surface area contributed by atoms with Gasteiger partial charge in [-0.2, -0.15) is 0 Å². The summed E-state index contributed by atoms with van der Waals surface area (Å²) in [5.74, 6) is -1.64. The minimum atomic E-state index is -0.774. The topological polar surface area (TPSA) is 84.5 Å². The lowest BCUT2D eigenvalue weighted by molar-refractivity contribution is -0.117. The maximum atomic E-state index is 11.6. The fourth-order valence-electron chi connectivity index (χ4n) is 1.34. The molecule has 2 N–H and O–H groups in total. The molecule has 0 aliphatic carbocycles. The maximum absolute atomic E-state index is 11.6. The van der Waals surface area contributed by atoms with Gasteiger partial charge in [-0.05, 0) is 31.2 Å². The van der Waals surface area contributed by atoms with Gasteiger partial charge in [-0.1, -0.05) is 0 Å². The molecule has 0 saturated heterocycles. The van der Waals surface area contributed by atoms with Crippen molar-refractivity contribution >= 4 is 31.2 Å². The van der Waals surface area contributed by atoms with Gasteiger partial charge < -0.3 is 15.4 Å². The third-order valence-electron chi connectivity index (χ3n) is 2.33. The van der Waals surface area contributed by atoms with E-state index in [1.165, 1.54) is 26.2 Å². The van der Waals surface area contributed by atoms with Crippen LogP contribution in [0.1, 0.15) is 17.3 Å². The number of nitrogens with one attached hydrogen (secondary N) is 2. The molecule has 0 unspecified atom stereocenters. The number of amides is 2. The average Bonchev–Trinajstić information content (AvgIpc) is 2.37. The molecule has 0 saturated carbocycles. The van der Waals surface area contributed by atoms with E-state index in [1.54, 1.807) is 12.1 Å². The SMILES string of the molecule is [B]C(=O)N[C@@H](C)C(=O)Nc1ccc(C(=O)OC)cc1. The summed E-state index contributed by atoms with van der Waals surface area (Å²) in [5.41, 5.74) is 0.875. The summed E-state index contributed by atoms with van der Waals surface area (Å²) in [6.07, 6.45) is 0. The minimum Gasteiger partial charge on any atom is -0.465 e. The number of carbonyl (C=O) groups excluding carboxylic acids is 3. The molecule has 0 aliphatic heterocycles. The van der Waals surface area contributed by atoms with Crippen LogP contribution in [0.25, 0.3) is 0 Å². The van der Waals surface area contributed by atoms with Crippen LogP contribution < -0.4 is 10.6 Å². The number of ether oxygens (including phenoxy) is 1. The quantitative estimate of drug-likeness (QED) is 0.615. The van der Waals surface area contributed by atoms with E-state index in [2.05, 4.69) is 15.4 Å². The highest BCUT2D eigenvalue weighted by molar-refractivity contribution is 6.57. The van der Waals surface area contributed by atoms with Crippen LogP contribution in [0.4, 0.5) is 10.5 Å². The van der Waals surface area contributed by atoms with E-state index in [4.69, 9.17) is 7.85 Å². The van der Waals surface area contributed by atoms with Gasteiger partial charge in [0.15, 0.2) is 5.81 Å². The lowest BCUT2D eigenvalue weighted by Gasteiger charge is -2.13. The number of esters is 1. The van der Waals surface area contributed by atoms with Gasteiger partial charge in [0.05, 0.1) is 12.7 Å². The number of rotatable bonds is 4. The van der Waals surface area contributed by atoms with Gasteiger partial charge in [0.1, 0.15) is 6.04 Å². The van der Waals surface area contributed by atoms with E-state index in [9.17, 15) is 14.4 Å². The zero-order valence-corrected chi connectivity index (χ0v) is 10.6. The Kier molecular flexibility index (Phi) is 5.11. The van der Waals surface area contributed by atoms with E-state index < -0.39 is 23.7 Å². The number of hydrogen-bond acceptors (Lipinski definition) is 4. The number of anilines is 1. The zero-order valence-electron chi connectivity index (χ0n) is 10.6. The molecule has 2 radical (unpaired) electrons. The predicted molar refractivity (Wildman–Crippen MR) is 70.2 cm³/mol. The molecule has 0 aliphatic rings. The van der Waals surface area contributed by atoms with Crippen molar-refractivity contribution in [1.29, 1.82) is 0 Å². The Morgan fingerprint density at radius 3 is 2.26 bits per heavy atom. The zero-order chi connectivity index (χ0) is 14.4. The Hall–Kier alpha value is -2.31. The number of benzene rings is 1. The molecule has 1 rings (SSSR count). The highest BCUT2D eigenvalue weighted by Gasteiger charge is 2.13. The minimum absolute atomic E-state index is 0.379. The summed E-state index contributed by atoms with van der Waals surface area (Å²) < 4.78 is 4.55. The Morgan fingerprint density at radius 2 is 1.79 bits per heavy atom. The Balaban J connectivity index is 2.65. The van der Waals surface area contributed by atoms with Crippen LogP contribution in [-0.2, 0) is 9.53 Å². The molecule has 6 nitrogen and oxygen atoms in total. The van der Waals surface area contributed by atoms with Gasteiger partial charge in [-0.15, -0.1) is 0 Å². The summed E-state index contributed by atoms with van der Waals surface area (Å²) in [4.78, 5) is 33.5. The summed E-state index contributed by atoms with van der Waals surface area (Å²) in [6, 6.07) is 5.40. The summed E-state index contributed by atoms with van der Waals surface area (Å²) in [5, 5.41) is 4.82. The average molecular weight is 260 g/mol. The predicted octanol–water partition coefficient (Wildman–Crippen LogP) is 0.678. The van der Waals surface area contributed by atoms with Crippen LogP contribution in [0.3, 0.4) is 0 Å². The van der Waals surface area contributed by atoms with Gasteiger partial charge in [0, 0.05) is 5.69 Å². The first kappa shape index (κ1) is 14.8. The van der Waals surface area contributed by atoms with Gasteiger partial charge >= 0.3 is 5.97 Å². The molecule has 1 atom stereocenters. The van der Waals surface area contributed by atoms with Crippen LogP contribution in [-0.4, -0.2) is 38.7 Å². The number of hydrogen-bond donors (Lipinski definition) is 2. The molecule has 2 amide bonds. The van der Waals surface area contributed by atoms with Crippen molar-refractivity contribution in [3.63, 3.8) is 0 Å². The van der Waals surface area contributed by atoms with E-state index in [0.717, 1.165) is 0 Å². The first-order valence-corrected chi connectivity index (χ1v) is 5.49. The largest absolute Gasteiger partial charge is 0.465 e. The van der Waals surface area contributed by atoms with Crippen molar-refractivity contribution in [3.05, 3.63) is 29.8 Å². The van der Waals surface area contributed by atoms with Crippen LogP contribution in [0.5, 0.6) is 0 Å². The maximum Gasteiger partial charge on any atom is 0.337 e. The third kappa shape index (κ3) is 4.46. The van der Waals surface area contributed by atoms with Crippen LogP contribution in [0.15, 0.2) is 24.3 Å². The lowest BCUT2D eigenvalue weighted by Crippen LogP contribution is -2.41. The smallest absolute Gasteiger partial charge is 0.337 e. The number of carbonyl (C=O) groups is 3. The summed E-state index contributed by atoms with van der Waals surface area (Å²) in [6.45, 7) is 1.50. The Morgan fingerprint density at radius 1 is 1.21 bits per heavy atom. The van der Waals surface area contributed by atoms with Gasteiger partial charge in [-0.3, -0.25) is 9.59 Å². The van der Waals surface area contributed by atoms with Crippen molar-refractivity contribution in [1.82, 2.24) is 5.32 Å². The van der Waals surface area contributed by atoms with Crippen molar-refractivity contribution in [2.75, 3.05) is 12.4 Å². The van der Waals surface area contributed by atoms with E-state index in [0.29, 0.717) is 11.3 Å².